The first kappa shape index (κ1) is 20.5. The summed E-state index contributed by atoms with van der Waals surface area (Å²) in [7, 11) is 0. The molecule has 0 bridgehead atoms. The maximum atomic E-state index is 11.7. The van der Waals surface area contributed by atoms with E-state index in [9.17, 15) is 4.79 Å². The summed E-state index contributed by atoms with van der Waals surface area (Å²) in [6.07, 6.45) is 3.02. The Morgan fingerprint density at radius 2 is 1.92 bits per heavy atom. The molecule has 1 N–H and O–H groups in total. The molecule has 1 aliphatic rings. The predicted octanol–water partition coefficient (Wildman–Crippen LogP) is 5.62. The topological polar surface area (TPSA) is 60.5 Å². The smallest absolute Gasteiger partial charge is 0.407 e. The van der Waals surface area contributed by atoms with Crippen LogP contribution in [0.15, 0.2) is 47.1 Å². The Morgan fingerprint density at radius 1 is 1.23 bits per heavy atom. The van der Waals surface area contributed by atoms with Crippen LogP contribution in [0, 0.1) is 0 Å². The average molecular weight is 442 g/mol. The fraction of sp³-hybridized carbons (Fsp3) is 0.368. The van der Waals surface area contributed by atoms with Crippen molar-refractivity contribution in [2.45, 2.75) is 32.2 Å². The highest BCUT2D eigenvalue weighted by Gasteiger charge is 2.46. The van der Waals surface area contributed by atoms with Crippen LogP contribution in [-0.2, 0) is 10.3 Å². The Balaban J connectivity index is 0.00000117. The Kier molecular flexibility index (Phi) is 7.72. The number of alkyl carbamates (subject to hydrolysis) is 1. The number of hydrogen-bond donors (Lipinski definition) is 1. The molecule has 0 spiro atoms. The molecule has 5 nitrogen and oxygen atoms in total. The van der Waals surface area contributed by atoms with Gasteiger partial charge in [0.15, 0.2) is 0 Å². The maximum absolute atomic E-state index is 11.7. The number of alkyl halides is 1. The van der Waals surface area contributed by atoms with Crippen molar-refractivity contribution in [1.82, 2.24) is 10.3 Å². The molecule has 3 rings (SSSR count). The Bertz CT molecular complexity index is 704. The zero-order valence-corrected chi connectivity index (χ0v) is 17.1. The van der Waals surface area contributed by atoms with Crippen molar-refractivity contribution < 1.29 is 14.3 Å². The van der Waals surface area contributed by atoms with Gasteiger partial charge in [-0.3, -0.25) is 0 Å². The van der Waals surface area contributed by atoms with E-state index in [1.807, 2.05) is 44.2 Å². The number of carbonyl (C=O) groups is 1. The number of benzene rings is 1. The van der Waals surface area contributed by atoms with Crippen LogP contribution in [0.3, 0.4) is 0 Å². The van der Waals surface area contributed by atoms with Crippen molar-refractivity contribution in [3.05, 3.63) is 52.6 Å². The molecule has 0 aliphatic heterocycles. The Morgan fingerprint density at radius 3 is 2.46 bits per heavy atom. The second-order valence-corrected chi connectivity index (χ2v) is 6.77. The van der Waals surface area contributed by atoms with Crippen molar-refractivity contribution in [1.29, 1.82) is 0 Å². The summed E-state index contributed by atoms with van der Waals surface area (Å²) in [5, 5.41) is 2.92. The van der Waals surface area contributed by atoms with Gasteiger partial charge in [-0.2, -0.15) is 0 Å². The summed E-state index contributed by atoms with van der Waals surface area (Å²) in [6, 6.07) is 11.3. The predicted molar refractivity (Wildman–Crippen MR) is 106 cm³/mol. The molecule has 2 aromatic rings. The molecule has 1 aromatic heterocycles. The fourth-order valence-corrected chi connectivity index (χ4v) is 2.67. The molecular weight excluding hydrogens is 420 g/mol. The summed E-state index contributed by atoms with van der Waals surface area (Å²) in [5.74, 6) is 1.50. The molecule has 1 fully saturated rings. The molecule has 0 saturated heterocycles. The van der Waals surface area contributed by atoms with E-state index in [0.717, 1.165) is 22.9 Å². The quantitative estimate of drug-likeness (QED) is 0.591. The van der Waals surface area contributed by atoms with Gasteiger partial charge < -0.3 is 14.8 Å². The third kappa shape index (κ3) is 5.61. The molecule has 0 radical (unpaired) electrons. The van der Waals surface area contributed by atoms with Crippen LogP contribution in [0.25, 0.3) is 0 Å². The minimum Gasteiger partial charge on any atom is -0.448 e. The van der Waals surface area contributed by atoms with Gasteiger partial charge in [0.25, 0.3) is 0 Å². The highest BCUT2D eigenvalue weighted by atomic mass is 79.9. The van der Waals surface area contributed by atoms with Crippen LogP contribution in [0.5, 0.6) is 11.6 Å². The molecule has 7 heteroatoms. The van der Waals surface area contributed by atoms with Crippen molar-refractivity contribution in [2.75, 3.05) is 12.5 Å². The Labute approximate surface area is 167 Å². The highest BCUT2D eigenvalue weighted by Crippen LogP contribution is 2.46. The lowest BCUT2D eigenvalue weighted by Gasteiger charge is -2.18. The van der Waals surface area contributed by atoms with Crippen molar-refractivity contribution in [3.63, 3.8) is 0 Å². The zero-order chi connectivity index (χ0) is 19.0. The van der Waals surface area contributed by atoms with Crippen LogP contribution in [0.1, 0.15) is 32.3 Å². The first-order valence-corrected chi connectivity index (χ1v) is 9.85. The second-order valence-electron chi connectivity index (χ2n) is 5.47. The van der Waals surface area contributed by atoms with Crippen LogP contribution in [0.4, 0.5) is 4.79 Å². The van der Waals surface area contributed by atoms with Gasteiger partial charge in [-0.1, -0.05) is 26.0 Å². The number of nitrogens with zero attached hydrogens (tertiary/aromatic N) is 1. The number of carbonyl (C=O) groups excluding carboxylic acids is 1. The third-order valence-corrected chi connectivity index (χ3v) is 4.35. The molecule has 0 unspecified atom stereocenters. The summed E-state index contributed by atoms with van der Waals surface area (Å²) in [6.45, 7) is 4.20. The van der Waals surface area contributed by atoms with Crippen LogP contribution in [-0.4, -0.2) is 23.6 Å². The zero-order valence-electron chi connectivity index (χ0n) is 14.8. The van der Waals surface area contributed by atoms with Gasteiger partial charge >= 0.3 is 6.09 Å². The molecule has 1 amide bonds. The maximum Gasteiger partial charge on any atom is 0.407 e. The van der Waals surface area contributed by atoms with E-state index in [0.29, 0.717) is 11.6 Å². The standard InChI is InChI=1S/C17H16BrClN2O3.C2H6/c18-13-3-6-15(20-11-13)24-14-4-1-12(2-5-14)17(7-8-17)21-16(22)23-10-9-19;1-2/h1-6,11H,7-10H2,(H,21,22);1-2H3. The van der Waals surface area contributed by atoms with Crippen molar-refractivity contribution in [3.8, 4) is 11.6 Å². The summed E-state index contributed by atoms with van der Waals surface area (Å²) in [5.41, 5.74) is 0.694. The van der Waals surface area contributed by atoms with Crippen LogP contribution in [0.2, 0.25) is 0 Å². The summed E-state index contributed by atoms with van der Waals surface area (Å²) < 4.78 is 11.6. The molecule has 140 valence electrons. The van der Waals surface area contributed by atoms with E-state index in [1.54, 1.807) is 12.3 Å². The fourth-order valence-electron chi connectivity index (χ4n) is 2.36. The SMILES string of the molecule is CC.O=C(NC1(c2ccc(Oc3ccc(Br)cn3)cc2)CC1)OCCCl. The summed E-state index contributed by atoms with van der Waals surface area (Å²) >= 11 is 8.85. The molecule has 26 heavy (non-hydrogen) atoms. The number of hydrogen-bond acceptors (Lipinski definition) is 4. The lowest BCUT2D eigenvalue weighted by molar-refractivity contribution is 0.147. The molecule has 1 aliphatic carbocycles. The number of rotatable bonds is 6. The van der Waals surface area contributed by atoms with Gasteiger partial charge in [-0.05, 0) is 52.5 Å². The van der Waals surface area contributed by atoms with E-state index >= 15 is 0 Å². The van der Waals surface area contributed by atoms with E-state index in [4.69, 9.17) is 21.1 Å². The molecule has 1 heterocycles. The van der Waals surface area contributed by atoms with Crippen molar-refractivity contribution >= 4 is 33.6 Å². The minimum atomic E-state index is -0.437. The van der Waals surface area contributed by atoms with Gasteiger partial charge in [0.05, 0.1) is 11.4 Å². The number of halogens is 2. The minimum absolute atomic E-state index is 0.205. The number of ether oxygens (including phenoxy) is 2. The van der Waals surface area contributed by atoms with E-state index in [1.165, 1.54) is 0 Å². The van der Waals surface area contributed by atoms with E-state index < -0.39 is 6.09 Å². The van der Waals surface area contributed by atoms with Gasteiger partial charge in [-0.15, -0.1) is 11.6 Å². The third-order valence-electron chi connectivity index (χ3n) is 3.73. The lowest BCUT2D eigenvalue weighted by atomic mass is 10.1. The van der Waals surface area contributed by atoms with Crippen LogP contribution >= 0.6 is 27.5 Å². The molecule has 0 atom stereocenters. The van der Waals surface area contributed by atoms with E-state index in [-0.39, 0.29) is 18.0 Å². The number of pyridine rings is 1. The second kappa shape index (κ2) is 9.78. The summed E-state index contributed by atoms with van der Waals surface area (Å²) in [4.78, 5) is 15.9. The van der Waals surface area contributed by atoms with Gasteiger partial charge in [-0.25, -0.2) is 9.78 Å². The largest absolute Gasteiger partial charge is 0.448 e. The normalized spacial score (nSPS) is 13.8. The Hall–Kier alpha value is -1.79. The molecule has 1 aromatic carbocycles. The van der Waals surface area contributed by atoms with E-state index in [2.05, 4.69) is 26.2 Å². The molecular formula is C19H22BrClN2O3. The first-order chi connectivity index (χ1) is 12.6. The number of amides is 1. The van der Waals surface area contributed by atoms with Gasteiger partial charge in [0.2, 0.25) is 5.88 Å². The van der Waals surface area contributed by atoms with Crippen LogP contribution < -0.4 is 10.1 Å². The number of nitrogens with one attached hydrogen (secondary N) is 1. The first-order valence-electron chi connectivity index (χ1n) is 8.52. The number of aromatic nitrogens is 1. The molecule has 1 saturated carbocycles. The lowest BCUT2D eigenvalue weighted by Crippen LogP contribution is -2.35. The average Bonchev–Trinajstić information content (AvgIpc) is 3.45. The monoisotopic (exact) mass is 440 g/mol. The highest BCUT2D eigenvalue weighted by molar-refractivity contribution is 9.10. The van der Waals surface area contributed by atoms with Crippen molar-refractivity contribution in [2.24, 2.45) is 0 Å². The van der Waals surface area contributed by atoms with Gasteiger partial charge in [0.1, 0.15) is 12.4 Å². The van der Waals surface area contributed by atoms with Gasteiger partial charge in [0, 0.05) is 16.7 Å².